The Bertz CT molecular complexity index is 155. The van der Waals surface area contributed by atoms with Crippen molar-refractivity contribution in [1.82, 2.24) is 0 Å². The van der Waals surface area contributed by atoms with Crippen molar-refractivity contribution in [3.05, 3.63) is 0 Å². The van der Waals surface area contributed by atoms with Crippen LogP contribution in [-0.4, -0.2) is 12.1 Å². The Labute approximate surface area is 90.5 Å². The maximum Gasteiger partial charge on any atom is 1.00 e. The molecule has 0 amide bonds. The van der Waals surface area contributed by atoms with Gasteiger partial charge < -0.3 is 6.16 Å². The summed E-state index contributed by atoms with van der Waals surface area (Å²) in [6.07, 6.45) is 5.89. The van der Waals surface area contributed by atoms with Crippen LogP contribution in [-0.2, 0) is 9.53 Å². The number of rotatable bonds is 2. The summed E-state index contributed by atoms with van der Waals surface area (Å²) < 4.78 is 5.10. The zero-order valence-electron chi connectivity index (χ0n) is 8.01. The molecule has 2 fully saturated rings. The Balaban J connectivity index is 0.000000605. The Kier molecular flexibility index (Phi) is 3.01. The molecule has 0 atom stereocenters. The minimum Gasteiger partial charge on any atom is -1.00 e. The first-order valence-electron chi connectivity index (χ1n) is 3.96. The third-order valence-corrected chi connectivity index (χ3v) is 2.98. The smallest absolute Gasteiger partial charge is 1.00 e. The molecule has 0 aromatic heterocycles. The van der Waals surface area contributed by atoms with Crippen LogP contribution in [0.15, 0.2) is 0 Å². The second-order valence-corrected chi connectivity index (χ2v) is 3.54. The van der Waals surface area contributed by atoms with Crippen molar-refractivity contribution in [2.24, 2.45) is 5.92 Å². The normalized spacial score (nSPS) is 39.8. The molecule has 11 heavy (non-hydrogen) atoms. The van der Waals surface area contributed by atoms with E-state index in [1.165, 1.54) is 12.8 Å². The Hall–Kier alpha value is 0.470. The van der Waals surface area contributed by atoms with E-state index in [0.717, 1.165) is 25.2 Å². The molecular formula is C8H13NaO2. The van der Waals surface area contributed by atoms with Crippen LogP contribution in [0.25, 0.3) is 0 Å². The van der Waals surface area contributed by atoms with Crippen LogP contribution in [0.1, 0.15) is 33.5 Å². The monoisotopic (exact) mass is 164 g/mol. The van der Waals surface area contributed by atoms with Crippen molar-refractivity contribution in [3.63, 3.8) is 0 Å². The van der Waals surface area contributed by atoms with Crippen LogP contribution >= 0.6 is 0 Å². The second-order valence-electron chi connectivity index (χ2n) is 3.54. The summed E-state index contributed by atoms with van der Waals surface area (Å²) in [4.78, 5) is 10.1. The minimum atomic E-state index is -0.00752. The van der Waals surface area contributed by atoms with E-state index in [1.807, 2.05) is 0 Å². The van der Waals surface area contributed by atoms with Gasteiger partial charge in [0, 0.05) is 0 Å². The number of hydrogen-bond acceptors (Lipinski definition) is 2. The van der Waals surface area contributed by atoms with E-state index in [9.17, 15) is 4.79 Å². The first-order chi connectivity index (χ1) is 4.85. The molecular weight excluding hydrogens is 151 g/mol. The summed E-state index contributed by atoms with van der Waals surface area (Å²) in [5.41, 5.74) is -0.00752. The summed E-state index contributed by atoms with van der Waals surface area (Å²) in [6.45, 7) is 0.619. The van der Waals surface area contributed by atoms with E-state index in [2.05, 4.69) is 0 Å². The minimum absolute atomic E-state index is 0. The Morgan fingerprint density at radius 1 is 1.45 bits per heavy atom. The largest absolute Gasteiger partial charge is 1.00 e. The van der Waals surface area contributed by atoms with Crippen LogP contribution in [0.3, 0.4) is 0 Å². The summed E-state index contributed by atoms with van der Waals surface area (Å²) in [5.74, 6) is 0.861. The molecule has 0 N–H and O–H groups in total. The number of ether oxygens (including phenoxy) is 1. The van der Waals surface area contributed by atoms with E-state index in [-0.39, 0.29) is 36.6 Å². The molecule has 0 radical (unpaired) electrons. The predicted octanol–water partition coefficient (Wildman–Crippen LogP) is -1.39. The van der Waals surface area contributed by atoms with Crippen molar-refractivity contribution in [1.29, 1.82) is 0 Å². The standard InChI is InChI=1S/C8H12O2.Na.H/c9-6-10-8-3-1-7(5-8)2-4-8;;/h6-7H,1-5H2;;/q;+1;-1. The molecule has 3 heteroatoms. The topological polar surface area (TPSA) is 26.3 Å². The van der Waals surface area contributed by atoms with Gasteiger partial charge in [0.25, 0.3) is 6.47 Å². The summed E-state index contributed by atoms with van der Waals surface area (Å²) in [6, 6.07) is 0. The molecule has 0 unspecified atom stereocenters. The molecule has 0 saturated heterocycles. The van der Waals surface area contributed by atoms with Gasteiger partial charge >= 0.3 is 29.6 Å². The predicted molar refractivity (Wildman–Crippen MR) is 37.6 cm³/mol. The van der Waals surface area contributed by atoms with Gasteiger partial charge in [0.1, 0.15) is 5.60 Å². The van der Waals surface area contributed by atoms with Gasteiger partial charge in [0.05, 0.1) is 0 Å². The molecule has 2 bridgehead atoms. The summed E-state index contributed by atoms with van der Waals surface area (Å²) in [5, 5.41) is 0. The molecule has 2 nitrogen and oxygen atoms in total. The van der Waals surface area contributed by atoms with Crippen molar-refractivity contribution in [2.45, 2.75) is 37.7 Å². The number of hydrogen-bond donors (Lipinski definition) is 0. The first-order valence-corrected chi connectivity index (χ1v) is 3.96. The van der Waals surface area contributed by atoms with Gasteiger partial charge in [-0.2, -0.15) is 0 Å². The van der Waals surface area contributed by atoms with Gasteiger partial charge in [0.2, 0.25) is 0 Å². The van der Waals surface area contributed by atoms with Crippen molar-refractivity contribution in [2.75, 3.05) is 0 Å². The third-order valence-electron chi connectivity index (χ3n) is 2.98. The average molecular weight is 164 g/mol. The van der Waals surface area contributed by atoms with Crippen LogP contribution in [0.5, 0.6) is 0 Å². The van der Waals surface area contributed by atoms with E-state index in [4.69, 9.17) is 4.74 Å². The maximum absolute atomic E-state index is 10.1. The number of fused-ring (bicyclic) bond motifs is 2. The summed E-state index contributed by atoms with van der Waals surface area (Å²) in [7, 11) is 0. The molecule has 0 aromatic rings. The van der Waals surface area contributed by atoms with Crippen LogP contribution in [0.2, 0.25) is 0 Å². The van der Waals surface area contributed by atoms with Gasteiger partial charge in [-0.25, -0.2) is 0 Å². The van der Waals surface area contributed by atoms with Gasteiger partial charge in [-0.1, -0.05) is 0 Å². The van der Waals surface area contributed by atoms with E-state index in [1.54, 1.807) is 0 Å². The Morgan fingerprint density at radius 3 is 2.45 bits per heavy atom. The van der Waals surface area contributed by atoms with Crippen molar-refractivity contribution >= 4 is 6.47 Å². The summed E-state index contributed by atoms with van der Waals surface area (Å²) >= 11 is 0. The number of carbonyl (C=O) groups is 1. The molecule has 2 rings (SSSR count). The van der Waals surface area contributed by atoms with Crippen LogP contribution in [0, 0.1) is 5.92 Å². The molecule has 58 valence electrons. The molecule has 0 aliphatic heterocycles. The van der Waals surface area contributed by atoms with Gasteiger partial charge in [-0.05, 0) is 38.0 Å². The fourth-order valence-corrected chi connectivity index (χ4v) is 2.41. The zero-order chi connectivity index (χ0) is 7.03. The third kappa shape index (κ3) is 1.63. The Morgan fingerprint density at radius 2 is 2.09 bits per heavy atom. The molecule has 2 aliphatic rings. The van der Waals surface area contributed by atoms with E-state index in [0.29, 0.717) is 6.47 Å². The maximum atomic E-state index is 10.1. The van der Waals surface area contributed by atoms with Crippen molar-refractivity contribution < 1.29 is 40.5 Å². The number of carbonyl (C=O) groups excluding carboxylic acids is 1. The van der Waals surface area contributed by atoms with Gasteiger partial charge in [-0.3, -0.25) is 4.79 Å². The zero-order valence-corrected chi connectivity index (χ0v) is 9.01. The van der Waals surface area contributed by atoms with Crippen LogP contribution in [0.4, 0.5) is 0 Å². The molecule has 0 aromatic carbocycles. The molecule has 2 saturated carbocycles. The quantitative estimate of drug-likeness (QED) is 0.371. The van der Waals surface area contributed by atoms with Gasteiger partial charge in [0.15, 0.2) is 0 Å². The van der Waals surface area contributed by atoms with Crippen LogP contribution < -0.4 is 29.6 Å². The van der Waals surface area contributed by atoms with E-state index < -0.39 is 0 Å². The van der Waals surface area contributed by atoms with Gasteiger partial charge in [-0.15, -0.1) is 0 Å². The van der Waals surface area contributed by atoms with Crippen molar-refractivity contribution in [3.8, 4) is 0 Å². The SMILES string of the molecule is O=COC12CCC(CC1)C2.[H-].[Na+]. The van der Waals surface area contributed by atoms with E-state index >= 15 is 0 Å². The molecule has 2 aliphatic carbocycles. The molecule has 0 heterocycles. The fourth-order valence-electron chi connectivity index (χ4n) is 2.41. The first kappa shape index (κ1) is 9.56. The molecule has 0 spiro atoms. The fraction of sp³-hybridized carbons (Fsp3) is 0.875. The second kappa shape index (κ2) is 3.46. The average Bonchev–Trinajstić information content (AvgIpc) is 2.46.